The predicted octanol–water partition coefficient (Wildman–Crippen LogP) is -1.90. The summed E-state index contributed by atoms with van der Waals surface area (Å²) in [6.45, 7) is 0.856. The number of H-pyrrole nitrogens is 1. The van der Waals surface area contributed by atoms with E-state index in [4.69, 9.17) is 20.3 Å². The van der Waals surface area contributed by atoms with Gasteiger partial charge in [0.2, 0.25) is 11.8 Å². The van der Waals surface area contributed by atoms with Crippen LogP contribution in [0.3, 0.4) is 0 Å². The van der Waals surface area contributed by atoms with Gasteiger partial charge in [0.1, 0.15) is 18.7 Å². The zero-order valence-corrected chi connectivity index (χ0v) is 23.3. The Kier molecular flexibility index (Phi) is 18.5. The minimum Gasteiger partial charge on any atom is -0.480 e. The number of nitrogens with one attached hydrogen (secondary N) is 6. The van der Waals surface area contributed by atoms with Crippen molar-refractivity contribution < 1.29 is 43.7 Å². The van der Waals surface area contributed by atoms with Crippen molar-refractivity contribution in [3.63, 3.8) is 0 Å². The number of carbonyl (C=O) groups excluding carboxylic acids is 3. The second kappa shape index (κ2) is 21.3. The summed E-state index contributed by atoms with van der Waals surface area (Å²) in [6, 6.07) is -2.73. The number of carbonyl (C=O) groups is 5. The highest BCUT2D eigenvalue weighted by Crippen LogP contribution is 2.03. The smallest absolute Gasteiger partial charge is 0.320 e. The van der Waals surface area contributed by atoms with Crippen molar-refractivity contribution in [3.8, 4) is 0 Å². The standard InChI is InChI=1S/C25H42N7O9/c1-27-19(24(36)37)5-6-22(34)30-8-9-40-10-11-41-15-23(35)29-7-3-2-4-20(25(38)39)31-14-21(33)18(26)12-17-13-28-16-32-17/h13,16,18-20,26-27,31H,2-12,14-15H2,1H3,(H,28,32)(H,29,35)(H,30,34)(H,36,37)(H,38,39)/t18-,19-,20-/m0/s1. The molecule has 1 aromatic heterocycles. The van der Waals surface area contributed by atoms with Gasteiger partial charge in [0.05, 0.1) is 38.7 Å². The first kappa shape index (κ1) is 35.6. The van der Waals surface area contributed by atoms with Crippen molar-refractivity contribution in [2.45, 2.75) is 56.7 Å². The number of hydrogen-bond donors (Lipinski definition) is 7. The van der Waals surface area contributed by atoms with Crippen molar-refractivity contribution in [2.75, 3.05) is 53.1 Å². The van der Waals surface area contributed by atoms with Gasteiger partial charge in [0, 0.05) is 37.8 Å². The van der Waals surface area contributed by atoms with E-state index in [2.05, 4.69) is 31.2 Å². The summed E-state index contributed by atoms with van der Waals surface area (Å²) in [7, 11) is 1.52. The first-order valence-electron chi connectivity index (χ1n) is 13.4. The Morgan fingerprint density at radius 1 is 0.951 bits per heavy atom. The van der Waals surface area contributed by atoms with E-state index in [1.54, 1.807) is 0 Å². The molecule has 0 spiro atoms. The number of carboxylic acids is 2. The van der Waals surface area contributed by atoms with Crippen LogP contribution in [0, 0.1) is 0 Å². The maximum Gasteiger partial charge on any atom is 0.320 e. The summed E-state index contributed by atoms with van der Waals surface area (Å²) in [5.41, 5.74) is 8.57. The SMILES string of the molecule is CN[C@@H](CCC(=O)NCCOCCOCC(=O)NCCCC[C@H](NCC(=O)[C@@H]([NH])Cc1cnc[nH]1)C(=O)O)C(=O)O. The number of unbranched alkanes of at least 4 members (excludes halogenated alkanes) is 1. The molecule has 8 N–H and O–H groups in total. The van der Waals surface area contributed by atoms with Gasteiger partial charge in [-0.3, -0.25) is 29.3 Å². The molecule has 0 aliphatic carbocycles. The van der Waals surface area contributed by atoms with E-state index in [9.17, 15) is 29.1 Å². The summed E-state index contributed by atoms with van der Waals surface area (Å²) < 4.78 is 10.5. The molecule has 1 aromatic rings. The van der Waals surface area contributed by atoms with E-state index < -0.39 is 35.8 Å². The summed E-state index contributed by atoms with van der Waals surface area (Å²) in [4.78, 5) is 64.7. The van der Waals surface area contributed by atoms with Gasteiger partial charge >= 0.3 is 11.9 Å². The Hall–Kier alpha value is -3.44. The number of ketones is 1. The molecule has 16 heteroatoms. The number of nitrogens with zero attached hydrogens (tertiary/aromatic N) is 1. The van der Waals surface area contributed by atoms with Gasteiger partial charge in [0.25, 0.3) is 0 Å². The number of ether oxygens (including phenoxy) is 2. The molecule has 16 nitrogen and oxygen atoms in total. The molecule has 0 fully saturated rings. The van der Waals surface area contributed by atoms with Gasteiger partial charge in [-0.05, 0) is 32.7 Å². The maximum atomic E-state index is 12.1. The fourth-order valence-electron chi connectivity index (χ4n) is 3.54. The van der Waals surface area contributed by atoms with Crippen molar-refractivity contribution in [2.24, 2.45) is 0 Å². The first-order chi connectivity index (χ1) is 19.6. The second-order valence-corrected chi connectivity index (χ2v) is 9.15. The van der Waals surface area contributed by atoms with Crippen molar-refractivity contribution in [1.29, 1.82) is 0 Å². The Morgan fingerprint density at radius 2 is 1.66 bits per heavy atom. The third-order valence-corrected chi connectivity index (χ3v) is 5.91. The van der Waals surface area contributed by atoms with E-state index in [1.807, 2.05) is 0 Å². The Morgan fingerprint density at radius 3 is 2.32 bits per heavy atom. The number of likely N-dealkylation sites (N-methyl/N-ethyl adjacent to an activating group) is 1. The number of hydrogen-bond acceptors (Lipinski definition) is 10. The lowest BCUT2D eigenvalue weighted by Crippen LogP contribution is -2.43. The predicted molar refractivity (Wildman–Crippen MR) is 145 cm³/mol. The molecule has 2 amide bonds. The van der Waals surface area contributed by atoms with Crippen LogP contribution in [0.4, 0.5) is 0 Å². The third-order valence-electron chi connectivity index (χ3n) is 5.91. The normalized spacial score (nSPS) is 13.2. The number of Topliss-reactive ketones (excluding diaryl/α,β-unsaturated/α-hetero) is 1. The molecular weight excluding hydrogens is 542 g/mol. The highest BCUT2D eigenvalue weighted by Gasteiger charge is 2.21. The number of carboxylic acid groups (broad SMARTS) is 2. The molecule has 0 aliphatic rings. The van der Waals surface area contributed by atoms with Crippen LogP contribution >= 0.6 is 0 Å². The molecule has 1 radical (unpaired) electrons. The molecule has 0 unspecified atom stereocenters. The van der Waals surface area contributed by atoms with Crippen LogP contribution in [0.5, 0.6) is 0 Å². The van der Waals surface area contributed by atoms with Crippen LogP contribution in [-0.4, -0.2) is 121 Å². The zero-order chi connectivity index (χ0) is 30.5. The number of rotatable bonds is 25. The summed E-state index contributed by atoms with van der Waals surface area (Å²) in [5, 5.41) is 28.9. The van der Waals surface area contributed by atoms with E-state index in [-0.39, 0.29) is 77.0 Å². The molecule has 231 valence electrons. The van der Waals surface area contributed by atoms with E-state index in [1.165, 1.54) is 19.6 Å². The molecular formula is C25H42N7O9. The second-order valence-electron chi connectivity index (χ2n) is 9.15. The Labute approximate surface area is 238 Å². The largest absolute Gasteiger partial charge is 0.480 e. The number of aromatic amines is 1. The van der Waals surface area contributed by atoms with Gasteiger partial charge in [-0.15, -0.1) is 0 Å². The molecule has 1 heterocycles. The van der Waals surface area contributed by atoms with E-state index >= 15 is 0 Å². The van der Waals surface area contributed by atoms with Crippen LogP contribution in [0.25, 0.3) is 0 Å². The summed E-state index contributed by atoms with van der Waals surface area (Å²) >= 11 is 0. The minimum absolute atomic E-state index is 0.0784. The average Bonchev–Trinajstić information content (AvgIpc) is 3.44. The van der Waals surface area contributed by atoms with Crippen LogP contribution in [-0.2, 0) is 39.9 Å². The fraction of sp³-hybridized carbons (Fsp3) is 0.680. The summed E-state index contributed by atoms with van der Waals surface area (Å²) in [5.74, 6) is -3.11. The number of aliphatic carboxylic acids is 2. The first-order valence-corrected chi connectivity index (χ1v) is 13.4. The maximum absolute atomic E-state index is 12.1. The highest BCUT2D eigenvalue weighted by molar-refractivity contribution is 5.86. The van der Waals surface area contributed by atoms with Crippen molar-refractivity contribution in [1.82, 2.24) is 37.0 Å². The van der Waals surface area contributed by atoms with Crippen LogP contribution in [0.15, 0.2) is 12.5 Å². The quantitative estimate of drug-likeness (QED) is 0.0623. The van der Waals surface area contributed by atoms with E-state index in [0.717, 1.165) is 0 Å². The molecule has 0 aliphatic heterocycles. The molecule has 0 saturated heterocycles. The number of aromatic nitrogens is 2. The molecule has 0 aromatic carbocycles. The van der Waals surface area contributed by atoms with Crippen molar-refractivity contribution in [3.05, 3.63) is 18.2 Å². The minimum atomic E-state index is -1.09. The van der Waals surface area contributed by atoms with Gasteiger partial charge in [-0.1, -0.05) is 0 Å². The monoisotopic (exact) mass is 584 g/mol. The Bertz CT molecular complexity index is 931. The van der Waals surface area contributed by atoms with Crippen molar-refractivity contribution >= 4 is 29.5 Å². The topological polar surface area (TPSA) is 245 Å². The van der Waals surface area contributed by atoms with Crippen LogP contribution < -0.4 is 27.0 Å². The lowest BCUT2D eigenvalue weighted by atomic mass is 10.1. The molecule has 41 heavy (non-hydrogen) atoms. The van der Waals surface area contributed by atoms with Crippen LogP contribution in [0.1, 0.15) is 37.8 Å². The molecule has 3 atom stereocenters. The van der Waals surface area contributed by atoms with Crippen LogP contribution in [0.2, 0.25) is 0 Å². The molecule has 0 saturated carbocycles. The fourth-order valence-corrected chi connectivity index (χ4v) is 3.54. The van der Waals surface area contributed by atoms with Gasteiger partial charge in [0.15, 0.2) is 5.78 Å². The molecule has 0 bridgehead atoms. The van der Waals surface area contributed by atoms with Gasteiger partial charge < -0.3 is 40.6 Å². The number of imidazole rings is 1. The highest BCUT2D eigenvalue weighted by atomic mass is 16.5. The number of amides is 2. The third kappa shape index (κ3) is 17.1. The van der Waals surface area contributed by atoms with E-state index in [0.29, 0.717) is 25.1 Å². The zero-order valence-electron chi connectivity index (χ0n) is 23.3. The lowest BCUT2D eigenvalue weighted by Gasteiger charge is -2.15. The average molecular weight is 585 g/mol. The molecule has 1 rings (SSSR count). The lowest BCUT2D eigenvalue weighted by molar-refractivity contribution is -0.140. The van der Waals surface area contributed by atoms with Gasteiger partial charge in [-0.2, -0.15) is 0 Å². The van der Waals surface area contributed by atoms with Gasteiger partial charge in [-0.25, -0.2) is 10.7 Å². The summed E-state index contributed by atoms with van der Waals surface area (Å²) in [6.07, 6.45) is 4.71. The Balaban J connectivity index is 2.03.